The van der Waals surface area contributed by atoms with Gasteiger partial charge in [0.2, 0.25) is 0 Å². The first-order valence-electron chi connectivity index (χ1n) is 7.28. The van der Waals surface area contributed by atoms with E-state index in [1.807, 2.05) is 0 Å². The van der Waals surface area contributed by atoms with Crippen molar-refractivity contribution in [3.8, 4) is 0 Å². The van der Waals surface area contributed by atoms with E-state index < -0.39 is 0 Å². The second-order valence-electron chi connectivity index (χ2n) is 6.99. The molecule has 1 aromatic rings. The van der Waals surface area contributed by atoms with Crippen molar-refractivity contribution in [2.45, 2.75) is 64.6 Å². The molecule has 0 saturated carbocycles. The van der Waals surface area contributed by atoms with E-state index in [1.54, 1.807) is 0 Å². The first kappa shape index (κ1) is 13.2. The van der Waals surface area contributed by atoms with Gasteiger partial charge in [-0.3, -0.25) is 0 Å². The molecular weight excluding hydrogens is 235 g/mol. The third kappa shape index (κ3) is 2.04. The summed E-state index contributed by atoms with van der Waals surface area (Å²) in [5.41, 5.74) is 3.61. The maximum atomic E-state index is 6.11. The highest BCUT2D eigenvalue weighted by molar-refractivity contribution is 6.62. The van der Waals surface area contributed by atoms with Crippen LogP contribution >= 0.6 is 0 Å². The van der Waals surface area contributed by atoms with Crippen LogP contribution in [0.1, 0.15) is 58.1 Å². The lowest BCUT2D eigenvalue weighted by atomic mass is 9.77. The van der Waals surface area contributed by atoms with Gasteiger partial charge in [0.25, 0.3) is 0 Å². The minimum Gasteiger partial charge on any atom is -0.399 e. The average molecular weight is 258 g/mol. The molecule has 1 aromatic carbocycles. The molecule has 19 heavy (non-hydrogen) atoms. The zero-order valence-corrected chi connectivity index (χ0v) is 12.6. The molecule has 0 amide bonds. The summed E-state index contributed by atoms with van der Waals surface area (Å²) < 4.78 is 12.2. The van der Waals surface area contributed by atoms with Crippen LogP contribution in [0.2, 0.25) is 0 Å². The van der Waals surface area contributed by atoms with Crippen LogP contribution < -0.4 is 5.46 Å². The fourth-order valence-corrected chi connectivity index (χ4v) is 2.98. The summed E-state index contributed by atoms with van der Waals surface area (Å²) in [6.45, 7) is 10.7. The van der Waals surface area contributed by atoms with Crippen LogP contribution in [0.5, 0.6) is 0 Å². The number of aryl methyl sites for hydroxylation is 1. The zero-order valence-electron chi connectivity index (χ0n) is 12.6. The van der Waals surface area contributed by atoms with E-state index in [9.17, 15) is 0 Å². The van der Waals surface area contributed by atoms with Crippen LogP contribution in [-0.2, 0) is 15.7 Å². The van der Waals surface area contributed by atoms with Crippen LogP contribution in [0, 0.1) is 0 Å². The molecule has 0 spiro atoms. The lowest BCUT2D eigenvalue weighted by Crippen LogP contribution is -2.41. The number of rotatable bonds is 1. The standard InChI is InChI=1S/C16H23BO2/c1-11-6-7-12-10-13(8-9-14(11)12)17-18-15(2,3)16(4,5)19-17/h8-11H,6-7H2,1-5H3. The second kappa shape index (κ2) is 4.10. The van der Waals surface area contributed by atoms with E-state index in [4.69, 9.17) is 9.31 Å². The molecule has 2 nitrogen and oxygen atoms in total. The molecular formula is C16H23BO2. The van der Waals surface area contributed by atoms with Gasteiger partial charge >= 0.3 is 7.12 Å². The second-order valence-corrected chi connectivity index (χ2v) is 6.99. The SMILES string of the molecule is CC1CCc2cc(B3OC(C)(C)C(C)(C)O3)ccc21. The van der Waals surface area contributed by atoms with Gasteiger partial charge in [-0.25, -0.2) is 0 Å². The van der Waals surface area contributed by atoms with E-state index in [0.29, 0.717) is 5.92 Å². The van der Waals surface area contributed by atoms with Crippen LogP contribution in [0.25, 0.3) is 0 Å². The zero-order chi connectivity index (χ0) is 13.8. The highest BCUT2D eigenvalue weighted by atomic mass is 16.7. The largest absolute Gasteiger partial charge is 0.494 e. The van der Waals surface area contributed by atoms with E-state index in [-0.39, 0.29) is 18.3 Å². The van der Waals surface area contributed by atoms with E-state index >= 15 is 0 Å². The van der Waals surface area contributed by atoms with Crippen molar-refractivity contribution in [3.63, 3.8) is 0 Å². The molecule has 1 aliphatic carbocycles. The van der Waals surface area contributed by atoms with Crippen molar-refractivity contribution in [1.29, 1.82) is 0 Å². The Morgan fingerprint density at radius 3 is 2.37 bits per heavy atom. The third-order valence-corrected chi connectivity index (χ3v) is 5.07. The minimum absolute atomic E-state index is 0.230. The smallest absolute Gasteiger partial charge is 0.399 e. The Morgan fingerprint density at radius 2 is 1.74 bits per heavy atom. The number of benzene rings is 1. The highest BCUT2D eigenvalue weighted by Gasteiger charge is 2.51. The van der Waals surface area contributed by atoms with Crippen molar-refractivity contribution >= 4 is 12.6 Å². The van der Waals surface area contributed by atoms with Gasteiger partial charge in [0.15, 0.2) is 0 Å². The molecule has 0 aromatic heterocycles. The maximum absolute atomic E-state index is 6.11. The van der Waals surface area contributed by atoms with Crippen molar-refractivity contribution in [3.05, 3.63) is 29.3 Å². The van der Waals surface area contributed by atoms with E-state index in [0.717, 1.165) is 5.46 Å². The Labute approximate surface area is 116 Å². The average Bonchev–Trinajstić information content (AvgIpc) is 2.78. The molecule has 1 atom stereocenters. The Hall–Kier alpha value is -0.795. The maximum Gasteiger partial charge on any atom is 0.494 e. The van der Waals surface area contributed by atoms with Gasteiger partial charge in [-0.2, -0.15) is 0 Å². The quantitative estimate of drug-likeness (QED) is 0.721. The molecule has 1 saturated heterocycles. The van der Waals surface area contributed by atoms with E-state index in [2.05, 4.69) is 52.8 Å². The minimum atomic E-state index is -0.260. The molecule has 102 valence electrons. The van der Waals surface area contributed by atoms with Gasteiger partial charge < -0.3 is 9.31 Å². The van der Waals surface area contributed by atoms with Crippen LogP contribution in [0.3, 0.4) is 0 Å². The van der Waals surface area contributed by atoms with Crippen LogP contribution in [-0.4, -0.2) is 18.3 Å². The third-order valence-electron chi connectivity index (χ3n) is 5.07. The fourth-order valence-electron chi connectivity index (χ4n) is 2.98. The molecule has 0 radical (unpaired) electrons. The van der Waals surface area contributed by atoms with Gasteiger partial charge in [0.05, 0.1) is 11.2 Å². The summed E-state index contributed by atoms with van der Waals surface area (Å²) in [5, 5.41) is 0. The predicted octanol–water partition coefficient (Wildman–Crippen LogP) is 3.04. The molecule has 1 unspecified atom stereocenters. The molecule has 1 fully saturated rings. The van der Waals surface area contributed by atoms with Crippen molar-refractivity contribution < 1.29 is 9.31 Å². The monoisotopic (exact) mass is 258 g/mol. The highest BCUT2D eigenvalue weighted by Crippen LogP contribution is 2.37. The Balaban J connectivity index is 1.89. The van der Waals surface area contributed by atoms with Crippen molar-refractivity contribution in [1.82, 2.24) is 0 Å². The van der Waals surface area contributed by atoms with Crippen molar-refractivity contribution in [2.75, 3.05) is 0 Å². The summed E-state index contributed by atoms with van der Waals surface area (Å²) in [6.07, 6.45) is 2.45. The Bertz CT molecular complexity index is 491. The van der Waals surface area contributed by atoms with Gasteiger partial charge in [-0.05, 0) is 63.0 Å². The Morgan fingerprint density at radius 1 is 1.11 bits per heavy atom. The molecule has 1 aliphatic heterocycles. The topological polar surface area (TPSA) is 18.5 Å². The van der Waals surface area contributed by atoms with Crippen LogP contribution in [0.15, 0.2) is 18.2 Å². The van der Waals surface area contributed by atoms with Gasteiger partial charge in [0, 0.05) is 0 Å². The summed E-state index contributed by atoms with van der Waals surface area (Å²) in [4.78, 5) is 0. The number of hydrogen-bond acceptors (Lipinski definition) is 2. The van der Waals surface area contributed by atoms with Gasteiger partial charge in [-0.1, -0.05) is 25.1 Å². The molecule has 3 heteroatoms. The molecule has 0 bridgehead atoms. The number of fused-ring (bicyclic) bond motifs is 1. The summed E-state index contributed by atoms with van der Waals surface area (Å²) >= 11 is 0. The van der Waals surface area contributed by atoms with E-state index in [1.165, 1.54) is 24.0 Å². The number of hydrogen-bond donors (Lipinski definition) is 0. The molecule has 1 heterocycles. The lowest BCUT2D eigenvalue weighted by molar-refractivity contribution is 0.00578. The fraction of sp³-hybridized carbons (Fsp3) is 0.625. The summed E-state index contributed by atoms with van der Waals surface area (Å²) in [7, 11) is -0.230. The lowest BCUT2D eigenvalue weighted by Gasteiger charge is -2.32. The molecule has 3 rings (SSSR count). The van der Waals surface area contributed by atoms with Crippen LogP contribution in [0.4, 0.5) is 0 Å². The van der Waals surface area contributed by atoms with Gasteiger partial charge in [-0.15, -0.1) is 0 Å². The Kier molecular flexibility index (Phi) is 2.85. The first-order chi connectivity index (χ1) is 8.80. The summed E-state index contributed by atoms with van der Waals surface area (Å²) in [5.74, 6) is 0.697. The normalized spacial score (nSPS) is 27.6. The first-order valence-corrected chi connectivity index (χ1v) is 7.28. The predicted molar refractivity (Wildman–Crippen MR) is 78.9 cm³/mol. The van der Waals surface area contributed by atoms with Crippen molar-refractivity contribution in [2.24, 2.45) is 0 Å². The molecule has 2 aliphatic rings. The van der Waals surface area contributed by atoms with Gasteiger partial charge in [0.1, 0.15) is 0 Å². The summed E-state index contributed by atoms with van der Waals surface area (Å²) in [6, 6.07) is 6.71. The molecule has 0 N–H and O–H groups in total.